The number of ether oxygens (including phenoxy) is 3. The molecule has 3 heteroatoms. The molecule has 0 radical (unpaired) electrons. The first-order valence-corrected chi connectivity index (χ1v) is 7.45. The molecule has 0 aromatic rings. The average Bonchev–Trinajstić information content (AvgIpc) is 2.42. The lowest BCUT2D eigenvalue weighted by Crippen LogP contribution is -2.47. The van der Waals surface area contributed by atoms with Gasteiger partial charge in [-0.1, -0.05) is 39.5 Å². The largest absolute Gasteiger partial charge is 0.375 e. The predicted octanol–water partition coefficient (Wildman–Crippen LogP) is 3.90. The fraction of sp³-hybridized carbons (Fsp3) is 1.00. The minimum Gasteiger partial charge on any atom is -0.375 e. The fourth-order valence-electron chi connectivity index (χ4n) is 2.77. The number of hydrogen-bond acceptors (Lipinski definition) is 3. The van der Waals surface area contributed by atoms with Crippen LogP contribution in [0, 0.1) is 0 Å². The monoisotopic (exact) mass is 258 g/mol. The Bertz CT molecular complexity index is 196. The molecule has 0 aliphatic carbocycles. The van der Waals surface area contributed by atoms with Crippen molar-refractivity contribution in [1.82, 2.24) is 0 Å². The lowest BCUT2D eigenvalue weighted by atomic mass is 9.92. The van der Waals surface area contributed by atoms with Crippen LogP contribution in [0.4, 0.5) is 0 Å². The molecule has 1 heterocycles. The third-order valence-corrected chi connectivity index (χ3v) is 3.97. The Balaban J connectivity index is 2.59. The van der Waals surface area contributed by atoms with Crippen LogP contribution in [0.2, 0.25) is 0 Å². The minimum atomic E-state index is -0.422. The molecule has 0 aromatic heterocycles. The first-order valence-electron chi connectivity index (χ1n) is 7.45. The van der Waals surface area contributed by atoms with Crippen molar-refractivity contribution in [1.29, 1.82) is 0 Å². The van der Waals surface area contributed by atoms with E-state index in [4.69, 9.17) is 14.2 Å². The predicted molar refractivity (Wildman–Crippen MR) is 73.7 cm³/mol. The summed E-state index contributed by atoms with van der Waals surface area (Å²) >= 11 is 0. The van der Waals surface area contributed by atoms with Gasteiger partial charge in [-0.05, 0) is 12.8 Å². The van der Waals surface area contributed by atoms with Gasteiger partial charge in [0.15, 0.2) is 5.79 Å². The molecule has 0 aromatic carbocycles. The quantitative estimate of drug-likeness (QED) is 0.618. The summed E-state index contributed by atoms with van der Waals surface area (Å²) in [6.45, 7) is 4.44. The second kappa shape index (κ2) is 8.13. The van der Waals surface area contributed by atoms with E-state index in [-0.39, 0.29) is 0 Å². The molecule has 108 valence electrons. The average molecular weight is 258 g/mol. The topological polar surface area (TPSA) is 27.7 Å². The van der Waals surface area contributed by atoms with Gasteiger partial charge in [-0.25, -0.2) is 0 Å². The van der Waals surface area contributed by atoms with E-state index in [1.165, 1.54) is 25.7 Å². The zero-order chi connectivity index (χ0) is 13.4. The summed E-state index contributed by atoms with van der Waals surface area (Å²) in [6, 6.07) is 0. The Morgan fingerprint density at radius 2 is 1.39 bits per heavy atom. The normalized spacial score (nSPS) is 27.3. The molecule has 18 heavy (non-hydrogen) atoms. The molecule has 0 bridgehead atoms. The highest BCUT2D eigenvalue weighted by Crippen LogP contribution is 2.35. The maximum Gasteiger partial charge on any atom is 0.172 e. The van der Waals surface area contributed by atoms with Crippen LogP contribution in [-0.4, -0.2) is 32.2 Å². The fourth-order valence-corrected chi connectivity index (χ4v) is 2.77. The molecule has 1 rings (SSSR count). The molecule has 2 atom stereocenters. The van der Waals surface area contributed by atoms with Gasteiger partial charge in [0.2, 0.25) is 0 Å². The van der Waals surface area contributed by atoms with Crippen molar-refractivity contribution in [3.8, 4) is 0 Å². The minimum absolute atomic E-state index is 0.292. The van der Waals surface area contributed by atoms with Gasteiger partial charge < -0.3 is 14.2 Å². The van der Waals surface area contributed by atoms with Gasteiger partial charge in [-0.15, -0.1) is 0 Å². The molecular formula is C15H30O3. The summed E-state index contributed by atoms with van der Waals surface area (Å²) in [4.78, 5) is 0. The molecule has 0 spiro atoms. The van der Waals surface area contributed by atoms with Gasteiger partial charge >= 0.3 is 0 Å². The maximum atomic E-state index is 6.19. The molecular weight excluding hydrogens is 228 g/mol. The van der Waals surface area contributed by atoms with E-state index in [0.29, 0.717) is 12.2 Å². The van der Waals surface area contributed by atoms with Crippen molar-refractivity contribution >= 4 is 0 Å². The van der Waals surface area contributed by atoms with Crippen LogP contribution >= 0.6 is 0 Å². The summed E-state index contributed by atoms with van der Waals surface area (Å²) in [5.41, 5.74) is 0. The number of unbranched alkanes of at least 4 members (excludes halogenated alkanes) is 2. The maximum absolute atomic E-state index is 6.19. The molecule has 0 N–H and O–H groups in total. The Morgan fingerprint density at radius 1 is 0.944 bits per heavy atom. The Labute approximate surface area is 112 Å². The number of hydrogen-bond donors (Lipinski definition) is 0. The molecule has 3 nitrogen and oxygen atoms in total. The SMILES string of the molecule is CCCC[C@@H]1CC(OC)(OC)C[C@H](CCCC)O1. The number of rotatable bonds is 8. The van der Waals surface area contributed by atoms with Crippen LogP contribution in [0.25, 0.3) is 0 Å². The first kappa shape index (κ1) is 15.9. The zero-order valence-corrected chi connectivity index (χ0v) is 12.5. The molecule has 0 unspecified atom stereocenters. The van der Waals surface area contributed by atoms with Gasteiger partial charge in [0.05, 0.1) is 12.2 Å². The van der Waals surface area contributed by atoms with E-state index in [1.807, 2.05) is 0 Å². The van der Waals surface area contributed by atoms with Gasteiger partial charge in [-0.2, -0.15) is 0 Å². The summed E-state index contributed by atoms with van der Waals surface area (Å²) in [5.74, 6) is -0.422. The van der Waals surface area contributed by atoms with Crippen LogP contribution in [0.1, 0.15) is 65.2 Å². The highest BCUT2D eigenvalue weighted by atomic mass is 16.7. The van der Waals surface area contributed by atoms with Crippen molar-refractivity contribution in [2.45, 2.75) is 83.2 Å². The van der Waals surface area contributed by atoms with Crippen LogP contribution in [0.5, 0.6) is 0 Å². The van der Waals surface area contributed by atoms with Crippen LogP contribution in [0.15, 0.2) is 0 Å². The summed E-state index contributed by atoms with van der Waals surface area (Å²) in [5, 5.41) is 0. The molecule has 1 aliphatic rings. The Kier molecular flexibility index (Phi) is 7.20. The molecule has 0 amide bonds. The molecule has 1 fully saturated rings. The molecule has 1 saturated heterocycles. The molecule has 0 saturated carbocycles. The zero-order valence-electron chi connectivity index (χ0n) is 12.5. The molecule has 1 aliphatic heterocycles. The smallest absolute Gasteiger partial charge is 0.172 e. The van der Waals surface area contributed by atoms with Crippen molar-refractivity contribution in [3.63, 3.8) is 0 Å². The van der Waals surface area contributed by atoms with Crippen molar-refractivity contribution in [2.75, 3.05) is 14.2 Å². The second-order valence-electron chi connectivity index (χ2n) is 5.39. The summed E-state index contributed by atoms with van der Waals surface area (Å²) in [6.07, 6.45) is 9.41. The Morgan fingerprint density at radius 3 is 1.72 bits per heavy atom. The highest BCUT2D eigenvalue weighted by Gasteiger charge is 2.41. The van der Waals surface area contributed by atoms with Crippen molar-refractivity contribution < 1.29 is 14.2 Å². The third kappa shape index (κ3) is 4.52. The number of methoxy groups -OCH3 is 2. The standard InChI is InChI=1S/C15H30O3/c1-5-7-9-13-11-15(16-3,17-4)12-14(18-13)10-8-6-2/h13-14H,5-12H2,1-4H3/t13-,14+. The summed E-state index contributed by atoms with van der Waals surface area (Å²) in [7, 11) is 3.51. The summed E-state index contributed by atoms with van der Waals surface area (Å²) < 4.78 is 17.5. The van der Waals surface area contributed by atoms with Gasteiger partial charge in [0, 0.05) is 27.1 Å². The van der Waals surface area contributed by atoms with Gasteiger partial charge in [0.25, 0.3) is 0 Å². The van der Waals surface area contributed by atoms with E-state index in [1.54, 1.807) is 14.2 Å². The van der Waals surface area contributed by atoms with E-state index in [2.05, 4.69) is 13.8 Å². The van der Waals surface area contributed by atoms with E-state index in [0.717, 1.165) is 25.7 Å². The first-order chi connectivity index (χ1) is 8.69. The van der Waals surface area contributed by atoms with Gasteiger partial charge in [0.1, 0.15) is 0 Å². The van der Waals surface area contributed by atoms with Crippen LogP contribution in [0.3, 0.4) is 0 Å². The van der Waals surface area contributed by atoms with Crippen LogP contribution in [-0.2, 0) is 14.2 Å². The Hall–Kier alpha value is -0.120. The van der Waals surface area contributed by atoms with Gasteiger partial charge in [-0.3, -0.25) is 0 Å². The lowest BCUT2D eigenvalue weighted by molar-refractivity contribution is -0.274. The second-order valence-corrected chi connectivity index (χ2v) is 5.39. The highest BCUT2D eigenvalue weighted by molar-refractivity contribution is 4.84. The lowest BCUT2D eigenvalue weighted by Gasteiger charge is -2.42. The van der Waals surface area contributed by atoms with Crippen LogP contribution < -0.4 is 0 Å². The third-order valence-electron chi connectivity index (χ3n) is 3.97. The van der Waals surface area contributed by atoms with Crippen molar-refractivity contribution in [2.24, 2.45) is 0 Å². The van der Waals surface area contributed by atoms with Crippen molar-refractivity contribution in [3.05, 3.63) is 0 Å². The van der Waals surface area contributed by atoms with E-state index in [9.17, 15) is 0 Å². The van der Waals surface area contributed by atoms with E-state index < -0.39 is 5.79 Å². The van der Waals surface area contributed by atoms with E-state index >= 15 is 0 Å².